The number of rotatable bonds is 0. The summed E-state index contributed by atoms with van der Waals surface area (Å²) < 4.78 is 0. The van der Waals surface area contributed by atoms with Crippen LogP contribution in [0.4, 0.5) is 0 Å². The molecule has 2 saturated heterocycles. The van der Waals surface area contributed by atoms with Gasteiger partial charge in [-0.3, -0.25) is 5.32 Å². The summed E-state index contributed by atoms with van der Waals surface area (Å²) in [6, 6.07) is 0. The second-order valence-corrected chi connectivity index (χ2v) is 3.36. The van der Waals surface area contributed by atoms with Crippen LogP contribution in [0.1, 0.15) is 25.7 Å². The molecule has 50 valence electrons. The molecule has 1 saturated carbocycles. The zero-order chi connectivity index (χ0) is 5.95. The molecule has 0 amide bonds. The van der Waals surface area contributed by atoms with Gasteiger partial charge in [0.1, 0.15) is 0 Å². The lowest BCUT2D eigenvalue weighted by molar-refractivity contribution is -0.0235. The summed E-state index contributed by atoms with van der Waals surface area (Å²) in [5.41, 5.74) is 0.441. The van der Waals surface area contributed by atoms with E-state index in [0.29, 0.717) is 5.54 Å². The van der Waals surface area contributed by atoms with Gasteiger partial charge in [-0.15, -0.1) is 0 Å². The van der Waals surface area contributed by atoms with E-state index in [1.165, 1.54) is 19.3 Å². The molecule has 1 aliphatic carbocycles. The van der Waals surface area contributed by atoms with E-state index in [4.69, 9.17) is 9.78 Å². The molecule has 0 unspecified atom stereocenters. The van der Waals surface area contributed by atoms with E-state index in [2.05, 4.69) is 5.32 Å². The standard InChI is InChI=1S/C6H9NO2/c1-2-5(3-1)4-6(7-5)8-9-6/h7H,1-4H2. The van der Waals surface area contributed by atoms with Crippen LogP contribution in [0.5, 0.6) is 0 Å². The van der Waals surface area contributed by atoms with Gasteiger partial charge in [0.25, 0.3) is 5.91 Å². The molecule has 2 spiro atoms. The molecule has 1 N–H and O–H groups in total. The first kappa shape index (κ1) is 4.66. The van der Waals surface area contributed by atoms with E-state index >= 15 is 0 Å². The van der Waals surface area contributed by atoms with Crippen molar-refractivity contribution in [3.05, 3.63) is 0 Å². The highest BCUT2D eigenvalue weighted by atomic mass is 17.4. The van der Waals surface area contributed by atoms with E-state index in [-0.39, 0.29) is 5.91 Å². The summed E-state index contributed by atoms with van der Waals surface area (Å²) in [5, 5.41) is 3.30. The van der Waals surface area contributed by atoms with Crippen LogP contribution < -0.4 is 5.32 Å². The predicted octanol–water partition coefficient (Wildman–Crippen LogP) is 0.518. The van der Waals surface area contributed by atoms with Crippen LogP contribution in [0.25, 0.3) is 0 Å². The zero-order valence-electron chi connectivity index (χ0n) is 5.14. The molecule has 3 fully saturated rings. The number of nitrogens with one attached hydrogen (secondary N) is 1. The fourth-order valence-electron chi connectivity index (χ4n) is 1.89. The second kappa shape index (κ2) is 1.05. The lowest BCUT2D eigenvalue weighted by atomic mass is 9.68. The first-order chi connectivity index (χ1) is 4.33. The first-order valence-electron chi connectivity index (χ1n) is 3.49. The van der Waals surface area contributed by atoms with Crippen LogP contribution in [0.3, 0.4) is 0 Å². The third kappa shape index (κ3) is 0.440. The minimum Gasteiger partial charge on any atom is -0.256 e. The Kier molecular flexibility index (Phi) is 0.542. The van der Waals surface area contributed by atoms with Gasteiger partial charge in [0.15, 0.2) is 0 Å². The molecule has 3 heteroatoms. The van der Waals surface area contributed by atoms with Gasteiger partial charge in [-0.05, 0) is 19.3 Å². The minimum absolute atomic E-state index is 0.291. The van der Waals surface area contributed by atoms with E-state index < -0.39 is 0 Å². The predicted molar refractivity (Wildman–Crippen MR) is 29.2 cm³/mol. The van der Waals surface area contributed by atoms with Crippen molar-refractivity contribution >= 4 is 0 Å². The van der Waals surface area contributed by atoms with Gasteiger partial charge in [0, 0.05) is 12.0 Å². The van der Waals surface area contributed by atoms with E-state index in [9.17, 15) is 0 Å². The lowest BCUT2D eigenvalue weighted by Crippen LogP contribution is -2.69. The van der Waals surface area contributed by atoms with Crippen LogP contribution in [0.15, 0.2) is 0 Å². The van der Waals surface area contributed by atoms with Crippen molar-refractivity contribution in [2.75, 3.05) is 0 Å². The van der Waals surface area contributed by atoms with Gasteiger partial charge < -0.3 is 0 Å². The van der Waals surface area contributed by atoms with Gasteiger partial charge >= 0.3 is 0 Å². The maximum atomic E-state index is 4.75. The van der Waals surface area contributed by atoms with Crippen LogP contribution in [-0.2, 0) is 9.78 Å². The maximum Gasteiger partial charge on any atom is 0.289 e. The minimum atomic E-state index is -0.291. The van der Waals surface area contributed by atoms with Crippen molar-refractivity contribution in [1.29, 1.82) is 0 Å². The summed E-state index contributed by atoms with van der Waals surface area (Å²) in [5.74, 6) is -0.291. The highest BCUT2D eigenvalue weighted by Crippen LogP contribution is 2.53. The Morgan fingerprint density at radius 2 is 1.89 bits per heavy atom. The molecule has 9 heavy (non-hydrogen) atoms. The van der Waals surface area contributed by atoms with E-state index in [1.807, 2.05) is 0 Å². The third-order valence-corrected chi connectivity index (χ3v) is 2.62. The number of hydrogen-bond acceptors (Lipinski definition) is 3. The topological polar surface area (TPSA) is 37.1 Å². The van der Waals surface area contributed by atoms with Crippen molar-refractivity contribution in [3.63, 3.8) is 0 Å². The van der Waals surface area contributed by atoms with Gasteiger partial charge in [0.2, 0.25) is 0 Å². The highest BCUT2D eigenvalue weighted by molar-refractivity contribution is 5.10. The Bertz CT molecular complexity index is 150. The molecule has 2 heterocycles. The van der Waals surface area contributed by atoms with Crippen molar-refractivity contribution in [1.82, 2.24) is 5.32 Å². The van der Waals surface area contributed by atoms with Crippen molar-refractivity contribution in [2.45, 2.75) is 37.1 Å². The average molecular weight is 127 g/mol. The third-order valence-electron chi connectivity index (χ3n) is 2.62. The molecule has 0 radical (unpaired) electrons. The van der Waals surface area contributed by atoms with Gasteiger partial charge in [-0.2, -0.15) is 9.78 Å². The molecule has 3 rings (SSSR count). The average Bonchev–Trinajstić information content (AvgIpc) is 2.32. The highest BCUT2D eigenvalue weighted by Gasteiger charge is 2.68. The Labute approximate surface area is 53.3 Å². The molecule has 2 aliphatic heterocycles. The Morgan fingerprint density at radius 1 is 1.22 bits per heavy atom. The molecular formula is C6H9NO2. The van der Waals surface area contributed by atoms with E-state index in [1.54, 1.807) is 0 Å². The van der Waals surface area contributed by atoms with Crippen LogP contribution in [0.2, 0.25) is 0 Å². The summed E-state index contributed by atoms with van der Waals surface area (Å²) in [7, 11) is 0. The quantitative estimate of drug-likeness (QED) is 0.380. The Morgan fingerprint density at radius 3 is 2.22 bits per heavy atom. The van der Waals surface area contributed by atoms with Crippen LogP contribution in [-0.4, -0.2) is 11.4 Å². The van der Waals surface area contributed by atoms with E-state index in [0.717, 1.165) is 6.42 Å². The molecular weight excluding hydrogens is 118 g/mol. The fourth-order valence-corrected chi connectivity index (χ4v) is 1.89. The van der Waals surface area contributed by atoms with Crippen molar-refractivity contribution < 1.29 is 9.78 Å². The fraction of sp³-hybridized carbons (Fsp3) is 1.00. The van der Waals surface area contributed by atoms with Gasteiger partial charge in [-0.1, -0.05) is 0 Å². The maximum absolute atomic E-state index is 4.75. The summed E-state index contributed by atoms with van der Waals surface area (Å²) >= 11 is 0. The molecule has 0 bridgehead atoms. The van der Waals surface area contributed by atoms with Crippen LogP contribution >= 0.6 is 0 Å². The molecule has 0 aromatic carbocycles. The monoisotopic (exact) mass is 127 g/mol. The van der Waals surface area contributed by atoms with Gasteiger partial charge in [-0.25, -0.2) is 0 Å². The molecule has 3 aliphatic rings. The lowest BCUT2D eigenvalue weighted by Gasteiger charge is -2.51. The zero-order valence-corrected chi connectivity index (χ0v) is 5.14. The molecule has 0 atom stereocenters. The number of hydrogen-bond donors (Lipinski definition) is 1. The summed E-state index contributed by atoms with van der Waals surface area (Å²) in [6.07, 6.45) is 5.05. The normalized spacial score (nSPS) is 40.0. The SMILES string of the molecule is C1CC2(C1)CC1(N2)OO1. The van der Waals surface area contributed by atoms with Crippen molar-refractivity contribution in [3.8, 4) is 0 Å². The summed E-state index contributed by atoms with van der Waals surface area (Å²) in [4.78, 5) is 9.50. The van der Waals surface area contributed by atoms with Crippen LogP contribution in [0, 0.1) is 0 Å². The Hall–Kier alpha value is -0.120. The molecule has 0 aromatic rings. The molecule has 0 aromatic heterocycles. The summed E-state index contributed by atoms with van der Waals surface area (Å²) in [6.45, 7) is 0. The second-order valence-electron chi connectivity index (χ2n) is 3.36. The molecule has 3 nitrogen and oxygen atoms in total. The van der Waals surface area contributed by atoms with Gasteiger partial charge in [0.05, 0.1) is 0 Å². The smallest absolute Gasteiger partial charge is 0.256 e. The Balaban J connectivity index is 1.75. The van der Waals surface area contributed by atoms with Crippen molar-refractivity contribution in [2.24, 2.45) is 0 Å². The first-order valence-corrected chi connectivity index (χ1v) is 3.49. The largest absolute Gasteiger partial charge is 0.289 e.